The summed E-state index contributed by atoms with van der Waals surface area (Å²) in [4.78, 5) is 4.19. The number of hydrogen-bond donors (Lipinski definition) is 2. The molecule has 1 aromatic carbocycles. The molecule has 0 aliphatic heterocycles. The number of nitrogens with one attached hydrogen (secondary N) is 2. The van der Waals surface area contributed by atoms with Gasteiger partial charge in [-0.05, 0) is 25.5 Å². The van der Waals surface area contributed by atoms with Gasteiger partial charge < -0.3 is 19.8 Å². The maximum atomic E-state index is 5.76. The minimum atomic E-state index is 0.611. The molecule has 0 radical (unpaired) electrons. The number of nitrogens with zero attached hydrogens (tertiary/aromatic N) is 1. The van der Waals surface area contributed by atoms with E-state index < -0.39 is 0 Å². The van der Waals surface area contributed by atoms with E-state index in [4.69, 9.17) is 9.15 Å². The zero-order chi connectivity index (χ0) is 14.9. The topological polar surface area (TPSA) is 58.8 Å². The molecule has 0 unspecified atom stereocenters. The molecule has 0 spiro atoms. The van der Waals surface area contributed by atoms with Gasteiger partial charge in [-0.1, -0.05) is 18.2 Å². The second kappa shape index (κ2) is 8.32. The van der Waals surface area contributed by atoms with E-state index in [0.717, 1.165) is 48.9 Å². The van der Waals surface area contributed by atoms with Crippen molar-refractivity contribution in [3.63, 3.8) is 0 Å². The monoisotopic (exact) mass is 289 g/mol. The van der Waals surface area contributed by atoms with E-state index in [-0.39, 0.29) is 0 Å². The summed E-state index contributed by atoms with van der Waals surface area (Å²) in [6.45, 7) is 4.98. The lowest BCUT2D eigenvalue weighted by Crippen LogP contribution is -2.37. The van der Waals surface area contributed by atoms with E-state index in [9.17, 15) is 0 Å². The van der Waals surface area contributed by atoms with Crippen LogP contribution in [0.2, 0.25) is 0 Å². The molecule has 21 heavy (non-hydrogen) atoms. The van der Waals surface area contributed by atoms with Crippen molar-refractivity contribution in [2.75, 3.05) is 26.8 Å². The third-order valence-electron chi connectivity index (χ3n) is 3.09. The highest BCUT2D eigenvalue weighted by Crippen LogP contribution is 2.18. The Bertz CT molecular complexity index is 545. The second-order valence-corrected chi connectivity index (χ2v) is 4.65. The summed E-state index contributed by atoms with van der Waals surface area (Å²) < 4.78 is 11.1. The Balaban J connectivity index is 1.77. The number of para-hydroxylation sites is 1. The first-order chi connectivity index (χ1) is 10.3. The molecule has 5 nitrogen and oxygen atoms in total. The van der Waals surface area contributed by atoms with Crippen LogP contribution in [-0.2, 0) is 11.3 Å². The molecular formula is C16H23N3O2. The summed E-state index contributed by atoms with van der Waals surface area (Å²) >= 11 is 0. The van der Waals surface area contributed by atoms with Gasteiger partial charge in [-0.3, -0.25) is 4.99 Å². The highest BCUT2D eigenvalue weighted by atomic mass is 16.5. The van der Waals surface area contributed by atoms with Gasteiger partial charge in [0, 0.05) is 32.2 Å². The molecule has 0 saturated heterocycles. The summed E-state index contributed by atoms with van der Waals surface area (Å²) in [6, 6.07) is 10.0. The van der Waals surface area contributed by atoms with Crippen molar-refractivity contribution in [3.8, 4) is 0 Å². The van der Waals surface area contributed by atoms with Gasteiger partial charge in [0.1, 0.15) is 11.3 Å². The summed E-state index contributed by atoms with van der Waals surface area (Å²) in [6.07, 6.45) is 0.958. The zero-order valence-electron chi connectivity index (χ0n) is 12.7. The minimum Gasteiger partial charge on any atom is -0.459 e. The van der Waals surface area contributed by atoms with Gasteiger partial charge in [0.25, 0.3) is 0 Å². The molecule has 0 amide bonds. The van der Waals surface area contributed by atoms with E-state index in [1.807, 2.05) is 37.3 Å². The number of ether oxygens (including phenoxy) is 1. The first kappa shape index (κ1) is 15.4. The Morgan fingerprint density at radius 1 is 1.29 bits per heavy atom. The predicted molar refractivity (Wildman–Crippen MR) is 85.5 cm³/mol. The van der Waals surface area contributed by atoms with Gasteiger partial charge in [0.2, 0.25) is 0 Å². The van der Waals surface area contributed by atoms with E-state index >= 15 is 0 Å². The van der Waals surface area contributed by atoms with Crippen LogP contribution in [0.3, 0.4) is 0 Å². The number of aliphatic imine (C=N–C) groups is 1. The Kier molecular flexibility index (Phi) is 6.09. The van der Waals surface area contributed by atoms with Crippen LogP contribution in [0, 0.1) is 0 Å². The molecule has 0 saturated carbocycles. The number of furan rings is 1. The van der Waals surface area contributed by atoms with Crippen molar-refractivity contribution in [1.29, 1.82) is 0 Å². The summed E-state index contributed by atoms with van der Waals surface area (Å²) in [5.41, 5.74) is 0.911. The van der Waals surface area contributed by atoms with Crippen LogP contribution in [0.4, 0.5) is 0 Å². The van der Waals surface area contributed by atoms with Crippen LogP contribution in [-0.4, -0.2) is 32.8 Å². The maximum Gasteiger partial charge on any atom is 0.191 e. The van der Waals surface area contributed by atoms with Gasteiger partial charge in [-0.2, -0.15) is 0 Å². The SMILES string of the molecule is CCOCCCNC(=NC)NCc1cc2ccccc2o1. The molecular weight excluding hydrogens is 266 g/mol. The number of guanidine groups is 1. The zero-order valence-corrected chi connectivity index (χ0v) is 12.7. The molecule has 114 valence electrons. The molecule has 0 bridgehead atoms. The normalized spacial score (nSPS) is 11.8. The number of fused-ring (bicyclic) bond motifs is 1. The summed E-state index contributed by atoms with van der Waals surface area (Å²) in [7, 11) is 1.76. The van der Waals surface area contributed by atoms with Gasteiger partial charge in [0.05, 0.1) is 6.54 Å². The smallest absolute Gasteiger partial charge is 0.191 e. The van der Waals surface area contributed by atoms with Crippen LogP contribution in [0.5, 0.6) is 0 Å². The largest absolute Gasteiger partial charge is 0.459 e. The van der Waals surface area contributed by atoms with Crippen LogP contribution in [0.15, 0.2) is 39.7 Å². The standard InChI is InChI=1S/C16H23N3O2/c1-3-20-10-6-9-18-16(17-2)19-12-14-11-13-7-4-5-8-15(13)21-14/h4-5,7-8,11H,3,6,9-10,12H2,1-2H3,(H2,17,18,19). The third-order valence-corrected chi connectivity index (χ3v) is 3.09. The van der Waals surface area contributed by atoms with E-state index in [1.165, 1.54) is 0 Å². The van der Waals surface area contributed by atoms with E-state index in [1.54, 1.807) is 7.05 Å². The molecule has 0 fully saturated rings. The highest BCUT2D eigenvalue weighted by molar-refractivity contribution is 5.80. The molecule has 2 N–H and O–H groups in total. The summed E-state index contributed by atoms with van der Waals surface area (Å²) in [5.74, 6) is 1.67. The number of rotatable bonds is 7. The lowest BCUT2D eigenvalue weighted by Gasteiger charge is -2.10. The van der Waals surface area contributed by atoms with E-state index in [0.29, 0.717) is 6.54 Å². The Morgan fingerprint density at radius 3 is 2.90 bits per heavy atom. The predicted octanol–water partition coefficient (Wildman–Crippen LogP) is 2.52. The van der Waals surface area contributed by atoms with Crippen molar-refractivity contribution in [1.82, 2.24) is 10.6 Å². The highest BCUT2D eigenvalue weighted by Gasteiger charge is 2.04. The number of benzene rings is 1. The second-order valence-electron chi connectivity index (χ2n) is 4.65. The maximum absolute atomic E-state index is 5.76. The van der Waals surface area contributed by atoms with Crippen LogP contribution < -0.4 is 10.6 Å². The molecule has 2 rings (SSSR count). The fourth-order valence-electron chi connectivity index (χ4n) is 2.04. The molecule has 0 aliphatic carbocycles. The molecule has 1 heterocycles. The summed E-state index contributed by atoms with van der Waals surface area (Å²) in [5, 5.41) is 7.61. The average molecular weight is 289 g/mol. The Labute approximate surface area is 125 Å². The molecule has 1 aromatic heterocycles. The van der Waals surface area contributed by atoms with Crippen LogP contribution >= 0.6 is 0 Å². The third kappa shape index (κ3) is 4.79. The Hall–Kier alpha value is -2.01. The fourth-order valence-corrected chi connectivity index (χ4v) is 2.04. The van der Waals surface area contributed by atoms with Crippen LogP contribution in [0.1, 0.15) is 19.1 Å². The molecule has 0 aliphatic rings. The minimum absolute atomic E-state index is 0.611. The van der Waals surface area contributed by atoms with E-state index in [2.05, 4.69) is 15.6 Å². The molecule has 5 heteroatoms. The first-order valence-corrected chi connectivity index (χ1v) is 7.33. The van der Waals surface area contributed by atoms with Crippen molar-refractivity contribution < 1.29 is 9.15 Å². The molecule has 0 atom stereocenters. The average Bonchev–Trinajstić information content (AvgIpc) is 2.93. The van der Waals surface area contributed by atoms with Crippen molar-refractivity contribution >= 4 is 16.9 Å². The van der Waals surface area contributed by atoms with Gasteiger partial charge in [0.15, 0.2) is 5.96 Å². The fraction of sp³-hybridized carbons (Fsp3) is 0.438. The number of hydrogen-bond acceptors (Lipinski definition) is 3. The first-order valence-electron chi connectivity index (χ1n) is 7.33. The van der Waals surface area contributed by atoms with Crippen molar-refractivity contribution in [2.24, 2.45) is 4.99 Å². The lowest BCUT2D eigenvalue weighted by molar-refractivity contribution is 0.145. The Morgan fingerprint density at radius 2 is 2.14 bits per heavy atom. The molecule has 2 aromatic rings. The van der Waals surface area contributed by atoms with Gasteiger partial charge >= 0.3 is 0 Å². The lowest BCUT2D eigenvalue weighted by atomic mass is 10.2. The van der Waals surface area contributed by atoms with Crippen molar-refractivity contribution in [3.05, 3.63) is 36.1 Å². The van der Waals surface area contributed by atoms with Crippen LogP contribution in [0.25, 0.3) is 11.0 Å². The van der Waals surface area contributed by atoms with Gasteiger partial charge in [-0.15, -0.1) is 0 Å². The van der Waals surface area contributed by atoms with Crippen molar-refractivity contribution in [2.45, 2.75) is 19.9 Å². The van der Waals surface area contributed by atoms with Gasteiger partial charge in [-0.25, -0.2) is 0 Å². The quantitative estimate of drug-likeness (QED) is 0.467.